The number of allylic oxidation sites excluding steroid dienone is 1. The summed E-state index contributed by atoms with van der Waals surface area (Å²) >= 11 is 0. The van der Waals surface area contributed by atoms with Gasteiger partial charge in [0.15, 0.2) is 0 Å². The molecule has 0 fully saturated rings. The third-order valence-corrected chi connectivity index (χ3v) is 9.40. The predicted octanol–water partition coefficient (Wildman–Crippen LogP) is 11.0. The summed E-state index contributed by atoms with van der Waals surface area (Å²) in [6.07, 6.45) is 31.3. The molecular formula is C40H73N3O4. The molecule has 0 bridgehead atoms. The van der Waals surface area contributed by atoms with Gasteiger partial charge in [-0.1, -0.05) is 156 Å². The number of nitrogens with one attached hydrogen (secondary N) is 2. The molecule has 1 rings (SSSR count). The van der Waals surface area contributed by atoms with Crippen LogP contribution in [0.25, 0.3) is 0 Å². The second kappa shape index (κ2) is 28.7. The maximum Gasteiger partial charge on any atom is 0.326 e. The number of rotatable bonds is 31. The SMILES string of the molecule is C=C1C=CN(C(CC(=O)OC(CCCCCCC)CCCCCCCCCC)C(=O)NC(CCCCC)CCCCCCC)C(=O)N1. The van der Waals surface area contributed by atoms with Crippen LogP contribution in [-0.2, 0) is 14.3 Å². The first-order valence-electron chi connectivity index (χ1n) is 19.8. The molecule has 0 aromatic rings. The van der Waals surface area contributed by atoms with Crippen LogP contribution in [0.1, 0.15) is 195 Å². The van der Waals surface area contributed by atoms with E-state index in [0.717, 1.165) is 83.5 Å². The van der Waals surface area contributed by atoms with Gasteiger partial charge < -0.3 is 15.4 Å². The molecule has 0 aliphatic carbocycles. The van der Waals surface area contributed by atoms with Gasteiger partial charge in [0.25, 0.3) is 0 Å². The molecule has 0 radical (unpaired) electrons. The molecule has 272 valence electrons. The second-order valence-corrected chi connectivity index (χ2v) is 13.9. The van der Waals surface area contributed by atoms with E-state index in [-0.39, 0.29) is 24.5 Å². The maximum atomic E-state index is 13.9. The monoisotopic (exact) mass is 660 g/mol. The minimum atomic E-state index is -0.978. The Balaban J connectivity index is 2.93. The van der Waals surface area contributed by atoms with Gasteiger partial charge in [0.1, 0.15) is 12.1 Å². The van der Waals surface area contributed by atoms with Crippen LogP contribution in [0.4, 0.5) is 4.79 Å². The summed E-state index contributed by atoms with van der Waals surface area (Å²) in [5, 5.41) is 5.95. The molecule has 1 aliphatic rings. The molecule has 7 heteroatoms. The van der Waals surface area contributed by atoms with Crippen molar-refractivity contribution >= 4 is 17.9 Å². The lowest BCUT2D eigenvalue weighted by molar-refractivity contribution is -0.152. The van der Waals surface area contributed by atoms with Crippen LogP contribution in [0.3, 0.4) is 0 Å². The number of carbonyl (C=O) groups is 3. The average Bonchev–Trinajstić information content (AvgIpc) is 3.04. The molecule has 1 heterocycles. The zero-order chi connectivity index (χ0) is 34.5. The van der Waals surface area contributed by atoms with Crippen LogP contribution in [0.2, 0.25) is 0 Å². The first-order chi connectivity index (χ1) is 22.9. The van der Waals surface area contributed by atoms with Crippen LogP contribution in [0.5, 0.6) is 0 Å². The highest BCUT2D eigenvalue weighted by Gasteiger charge is 2.34. The zero-order valence-electron chi connectivity index (χ0n) is 31.1. The van der Waals surface area contributed by atoms with E-state index in [1.165, 1.54) is 81.9 Å². The van der Waals surface area contributed by atoms with Gasteiger partial charge in [-0.2, -0.15) is 0 Å². The van der Waals surface area contributed by atoms with E-state index in [4.69, 9.17) is 4.74 Å². The number of amides is 3. The number of esters is 1. The Hall–Kier alpha value is -2.31. The fourth-order valence-electron chi connectivity index (χ4n) is 6.40. The third kappa shape index (κ3) is 21.3. The Bertz CT molecular complexity index is 874. The lowest BCUT2D eigenvalue weighted by Crippen LogP contribution is -2.54. The van der Waals surface area contributed by atoms with Crippen molar-refractivity contribution in [3.63, 3.8) is 0 Å². The number of unbranched alkanes of at least 4 members (excludes halogenated alkanes) is 17. The van der Waals surface area contributed by atoms with Crippen molar-refractivity contribution in [2.45, 2.75) is 213 Å². The first kappa shape index (κ1) is 42.7. The van der Waals surface area contributed by atoms with E-state index in [9.17, 15) is 14.4 Å². The van der Waals surface area contributed by atoms with Crippen molar-refractivity contribution in [3.8, 4) is 0 Å². The Labute approximate surface area is 289 Å². The van der Waals surface area contributed by atoms with Crippen LogP contribution in [0.15, 0.2) is 24.6 Å². The van der Waals surface area contributed by atoms with E-state index >= 15 is 0 Å². The molecule has 0 spiro atoms. The fourth-order valence-corrected chi connectivity index (χ4v) is 6.40. The largest absolute Gasteiger partial charge is 0.462 e. The molecular weight excluding hydrogens is 586 g/mol. The van der Waals surface area contributed by atoms with Crippen LogP contribution in [-0.4, -0.2) is 41.0 Å². The van der Waals surface area contributed by atoms with E-state index < -0.39 is 18.0 Å². The average molecular weight is 660 g/mol. The van der Waals surface area contributed by atoms with E-state index in [1.807, 2.05) is 0 Å². The Morgan fingerprint density at radius 1 is 0.702 bits per heavy atom. The minimum absolute atomic E-state index is 0.0267. The van der Waals surface area contributed by atoms with Gasteiger partial charge in [-0.3, -0.25) is 14.5 Å². The summed E-state index contributed by atoms with van der Waals surface area (Å²) in [5.74, 6) is -0.695. The van der Waals surface area contributed by atoms with Gasteiger partial charge in [0.05, 0.1) is 6.42 Å². The van der Waals surface area contributed by atoms with Crippen molar-refractivity contribution < 1.29 is 19.1 Å². The second-order valence-electron chi connectivity index (χ2n) is 13.9. The number of hydrogen-bond acceptors (Lipinski definition) is 4. The highest BCUT2D eigenvalue weighted by molar-refractivity contribution is 5.92. The Kier molecular flexibility index (Phi) is 26.1. The maximum absolute atomic E-state index is 13.9. The van der Waals surface area contributed by atoms with E-state index in [2.05, 4.69) is 44.9 Å². The summed E-state index contributed by atoms with van der Waals surface area (Å²) in [4.78, 5) is 41.8. The quantitative estimate of drug-likeness (QED) is 0.0572. The van der Waals surface area contributed by atoms with E-state index in [0.29, 0.717) is 5.70 Å². The molecule has 3 unspecified atom stereocenters. The highest BCUT2D eigenvalue weighted by Crippen LogP contribution is 2.20. The highest BCUT2D eigenvalue weighted by atomic mass is 16.5. The summed E-state index contributed by atoms with van der Waals surface area (Å²) in [6, 6.07) is -1.40. The number of urea groups is 1. The Morgan fingerprint density at radius 3 is 1.62 bits per heavy atom. The smallest absolute Gasteiger partial charge is 0.326 e. The molecule has 7 nitrogen and oxygen atoms in total. The molecule has 47 heavy (non-hydrogen) atoms. The standard InChI is InChI=1S/C40H73N3O4/c1-6-10-14-17-18-19-22-26-30-36(29-25-21-16-12-8-3)47-38(44)33-37(43-32-31-34(5)41-40(43)46)39(45)42-35(27-23-13-9-4)28-24-20-15-11-7-2/h31-32,35-37H,5-30,33H2,1-4H3,(H,41,46)(H,42,45). The Morgan fingerprint density at radius 2 is 1.13 bits per heavy atom. The van der Waals surface area contributed by atoms with Crippen LogP contribution >= 0.6 is 0 Å². The van der Waals surface area contributed by atoms with Gasteiger partial charge in [0.2, 0.25) is 5.91 Å². The van der Waals surface area contributed by atoms with Gasteiger partial charge in [-0.05, 0) is 44.6 Å². The van der Waals surface area contributed by atoms with Crippen molar-refractivity contribution in [1.82, 2.24) is 15.5 Å². The normalized spacial score (nSPS) is 14.9. The minimum Gasteiger partial charge on any atom is -0.462 e. The predicted molar refractivity (Wildman–Crippen MR) is 197 cm³/mol. The number of ether oxygens (including phenoxy) is 1. The number of hydrogen-bond donors (Lipinski definition) is 2. The topological polar surface area (TPSA) is 87.7 Å². The van der Waals surface area contributed by atoms with Crippen molar-refractivity contribution in [2.75, 3.05) is 0 Å². The van der Waals surface area contributed by atoms with Gasteiger partial charge in [-0.25, -0.2) is 4.79 Å². The van der Waals surface area contributed by atoms with Crippen molar-refractivity contribution in [3.05, 3.63) is 24.6 Å². The fraction of sp³-hybridized carbons (Fsp3) is 0.825. The molecule has 0 aromatic heterocycles. The molecule has 0 saturated carbocycles. The van der Waals surface area contributed by atoms with Crippen molar-refractivity contribution in [1.29, 1.82) is 0 Å². The summed E-state index contributed by atoms with van der Waals surface area (Å²) in [5.41, 5.74) is 0.464. The molecule has 3 amide bonds. The molecule has 0 aromatic carbocycles. The van der Waals surface area contributed by atoms with Crippen molar-refractivity contribution in [2.24, 2.45) is 0 Å². The molecule has 0 saturated heterocycles. The number of carbonyl (C=O) groups excluding carboxylic acids is 3. The van der Waals surface area contributed by atoms with Gasteiger partial charge in [-0.15, -0.1) is 0 Å². The molecule has 3 atom stereocenters. The van der Waals surface area contributed by atoms with Gasteiger partial charge >= 0.3 is 12.0 Å². The summed E-state index contributed by atoms with van der Waals surface area (Å²) in [7, 11) is 0. The lowest BCUT2D eigenvalue weighted by atomic mass is 10.00. The summed E-state index contributed by atoms with van der Waals surface area (Å²) < 4.78 is 6.11. The van der Waals surface area contributed by atoms with E-state index in [1.54, 1.807) is 12.3 Å². The summed E-state index contributed by atoms with van der Waals surface area (Å²) in [6.45, 7) is 12.7. The third-order valence-electron chi connectivity index (χ3n) is 9.40. The lowest BCUT2D eigenvalue weighted by Gasteiger charge is -2.32. The zero-order valence-corrected chi connectivity index (χ0v) is 31.1. The van der Waals surface area contributed by atoms with Crippen LogP contribution < -0.4 is 10.6 Å². The van der Waals surface area contributed by atoms with Gasteiger partial charge in [0, 0.05) is 17.9 Å². The molecule has 2 N–H and O–H groups in total. The molecule has 1 aliphatic heterocycles. The van der Waals surface area contributed by atoms with Crippen LogP contribution in [0, 0.1) is 0 Å². The number of nitrogens with zero attached hydrogens (tertiary/aromatic N) is 1. The first-order valence-corrected chi connectivity index (χ1v) is 19.8.